The number of rotatable bonds is 10. The van der Waals surface area contributed by atoms with Crippen molar-refractivity contribution in [2.24, 2.45) is 5.73 Å². The van der Waals surface area contributed by atoms with Gasteiger partial charge in [-0.05, 0) is 47.6 Å². The number of nitrogens with zero attached hydrogens (tertiary/aromatic N) is 1. The maximum Gasteiger partial charge on any atom is 0.410 e. The van der Waals surface area contributed by atoms with Crippen LogP contribution in [-0.2, 0) is 14.3 Å². The minimum absolute atomic E-state index is 0.00937. The number of amidine groups is 1. The van der Waals surface area contributed by atoms with Gasteiger partial charge in [-0.2, -0.15) is 0 Å². The van der Waals surface area contributed by atoms with Gasteiger partial charge >= 0.3 is 12.1 Å². The number of nitrogen functional groups attached to an aromatic ring is 1. The molecule has 2 heterocycles. The fourth-order valence-corrected chi connectivity index (χ4v) is 4.71. The molecule has 0 bridgehead atoms. The lowest BCUT2D eigenvalue weighted by Gasteiger charge is -2.37. The first-order valence-corrected chi connectivity index (χ1v) is 12.2. The Morgan fingerprint density at radius 3 is 2.70 bits per heavy atom. The first-order chi connectivity index (χ1) is 17.7. The molecular weight excluding hydrogens is 474 g/mol. The number of carbonyl (C=O) groups is 3. The van der Waals surface area contributed by atoms with E-state index in [0.29, 0.717) is 24.8 Å². The molecule has 0 aliphatic carbocycles. The number of carbonyl (C=O) groups excluding carboxylic acids is 2. The van der Waals surface area contributed by atoms with Gasteiger partial charge in [0.15, 0.2) is 0 Å². The fraction of sp³-hybridized carbons (Fsp3) is 0.333. The lowest BCUT2D eigenvalue weighted by molar-refractivity contribution is -0.137. The predicted molar refractivity (Wildman–Crippen MR) is 138 cm³/mol. The lowest BCUT2D eigenvalue weighted by atomic mass is 9.95. The van der Waals surface area contributed by atoms with Crippen LogP contribution in [0.15, 0.2) is 54.7 Å². The Balaban J connectivity index is 1.45. The van der Waals surface area contributed by atoms with Crippen LogP contribution in [-0.4, -0.2) is 51.9 Å². The van der Waals surface area contributed by atoms with Crippen molar-refractivity contribution in [1.29, 1.82) is 5.41 Å². The normalized spacial score (nSPS) is 18.3. The van der Waals surface area contributed by atoms with E-state index in [2.05, 4.69) is 10.3 Å². The summed E-state index contributed by atoms with van der Waals surface area (Å²) in [5, 5.41) is 20.6. The summed E-state index contributed by atoms with van der Waals surface area (Å²) in [7, 11) is 1.65. The largest absolute Gasteiger partial charge is 0.481 e. The number of H-pyrrole nitrogens is 1. The average Bonchev–Trinajstić information content (AvgIpc) is 3.33. The second-order valence-corrected chi connectivity index (χ2v) is 9.34. The molecule has 1 saturated heterocycles. The molecule has 3 aromatic rings. The number of hydrogen-bond donors (Lipinski definition) is 5. The van der Waals surface area contributed by atoms with Gasteiger partial charge < -0.3 is 30.8 Å². The first-order valence-electron chi connectivity index (χ1n) is 12.2. The van der Waals surface area contributed by atoms with Crippen molar-refractivity contribution < 1.29 is 24.2 Å². The molecule has 3 unspecified atom stereocenters. The van der Waals surface area contributed by atoms with Gasteiger partial charge in [-0.3, -0.25) is 15.0 Å². The Labute approximate surface area is 214 Å². The maximum absolute atomic E-state index is 13.1. The minimum atomic E-state index is -0.883. The van der Waals surface area contributed by atoms with Crippen LogP contribution in [0.25, 0.3) is 10.9 Å². The third-order valence-corrected chi connectivity index (χ3v) is 6.73. The summed E-state index contributed by atoms with van der Waals surface area (Å²) < 4.78 is 5.52. The smallest absolute Gasteiger partial charge is 0.410 e. The Morgan fingerprint density at radius 2 is 2.00 bits per heavy atom. The number of nitrogens with one attached hydrogen (secondary N) is 3. The molecule has 1 aliphatic rings. The summed E-state index contributed by atoms with van der Waals surface area (Å²) in [6, 6.07) is 14.2. The van der Waals surface area contributed by atoms with Gasteiger partial charge in [0.05, 0.1) is 18.5 Å². The molecule has 2 amide bonds. The molecule has 0 radical (unpaired) electrons. The van der Waals surface area contributed by atoms with E-state index in [1.54, 1.807) is 19.2 Å². The highest BCUT2D eigenvalue weighted by Crippen LogP contribution is 2.32. The molecule has 10 nitrogen and oxygen atoms in total. The molecular formula is C27H31N5O5. The number of carboxylic acid groups (broad SMARTS) is 1. The second-order valence-electron chi connectivity index (χ2n) is 9.34. The third kappa shape index (κ3) is 6.27. The van der Waals surface area contributed by atoms with Crippen LogP contribution in [0.2, 0.25) is 0 Å². The first kappa shape index (κ1) is 25.7. The zero-order valence-electron chi connectivity index (χ0n) is 20.6. The van der Waals surface area contributed by atoms with Crippen LogP contribution >= 0.6 is 0 Å². The van der Waals surface area contributed by atoms with Crippen LogP contribution < -0.4 is 11.1 Å². The van der Waals surface area contributed by atoms with Crippen molar-refractivity contribution in [2.75, 3.05) is 7.05 Å². The van der Waals surface area contributed by atoms with E-state index in [4.69, 9.17) is 21.0 Å². The summed E-state index contributed by atoms with van der Waals surface area (Å²) in [6.07, 6.45) is 2.01. The van der Waals surface area contributed by atoms with Crippen molar-refractivity contribution in [1.82, 2.24) is 15.2 Å². The van der Waals surface area contributed by atoms with Gasteiger partial charge in [0, 0.05) is 37.2 Å². The van der Waals surface area contributed by atoms with Crippen molar-refractivity contribution in [3.63, 3.8) is 0 Å². The van der Waals surface area contributed by atoms with E-state index in [1.165, 1.54) is 4.90 Å². The Kier molecular flexibility index (Phi) is 7.76. The zero-order valence-corrected chi connectivity index (χ0v) is 20.6. The van der Waals surface area contributed by atoms with E-state index in [9.17, 15) is 14.4 Å². The van der Waals surface area contributed by atoms with Gasteiger partial charge in [0.2, 0.25) is 5.91 Å². The quantitative estimate of drug-likeness (QED) is 0.208. The molecule has 0 spiro atoms. The number of ether oxygens (including phenoxy) is 1. The van der Waals surface area contributed by atoms with Crippen molar-refractivity contribution in [2.45, 2.75) is 50.3 Å². The van der Waals surface area contributed by atoms with Crippen molar-refractivity contribution >= 4 is 34.7 Å². The fourth-order valence-electron chi connectivity index (χ4n) is 4.71. The number of aromatic nitrogens is 1. The van der Waals surface area contributed by atoms with E-state index >= 15 is 0 Å². The van der Waals surface area contributed by atoms with Crippen LogP contribution in [0.5, 0.6) is 0 Å². The highest BCUT2D eigenvalue weighted by atomic mass is 16.6. The molecule has 10 heteroatoms. The van der Waals surface area contributed by atoms with Gasteiger partial charge in [-0.25, -0.2) is 4.79 Å². The Hall–Kier alpha value is -4.34. The van der Waals surface area contributed by atoms with Crippen LogP contribution in [0.3, 0.4) is 0 Å². The molecule has 4 rings (SSSR count). The molecule has 2 aromatic carbocycles. The third-order valence-electron chi connectivity index (χ3n) is 6.73. The van der Waals surface area contributed by atoms with Gasteiger partial charge in [-0.15, -0.1) is 0 Å². The van der Waals surface area contributed by atoms with Gasteiger partial charge in [-0.1, -0.05) is 30.3 Å². The van der Waals surface area contributed by atoms with Crippen LogP contribution in [0.4, 0.5) is 4.79 Å². The highest BCUT2D eigenvalue weighted by molar-refractivity contribution is 5.94. The molecule has 1 fully saturated rings. The van der Waals surface area contributed by atoms with Crippen molar-refractivity contribution in [3.8, 4) is 0 Å². The monoisotopic (exact) mass is 505 g/mol. The molecule has 37 heavy (non-hydrogen) atoms. The number of nitrogens with two attached hydrogens (primary N) is 1. The zero-order chi connectivity index (χ0) is 26.5. The molecule has 1 aromatic heterocycles. The summed E-state index contributed by atoms with van der Waals surface area (Å²) in [5.74, 6) is -1.19. The number of carboxylic acids is 1. The van der Waals surface area contributed by atoms with E-state index in [-0.39, 0.29) is 36.7 Å². The Morgan fingerprint density at radius 1 is 1.24 bits per heavy atom. The molecule has 0 saturated carbocycles. The van der Waals surface area contributed by atoms with E-state index < -0.39 is 18.2 Å². The summed E-state index contributed by atoms with van der Waals surface area (Å²) in [6.45, 7) is 0. The molecule has 6 N–H and O–H groups in total. The SMILES string of the molecule is CN1C(=O)OC(CC(=O)NC(CCCC(=O)O)c2ccc3[nH]ccc3c2)CC1c1ccc(C(=N)N)cc1. The second kappa shape index (κ2) is 11.2. The number of fused-ring (bicyclic) bond motifs is 1. The summed E-state index contributed by atoms with van der Waals surface area (Å²) in [5.41, 5.74) is 8.85. The maximum atomic E-state index is 13.1. The molecule has 1 aliphatic heterocycles. The van der Waals surface area contributed by atoms with E-state index in [0.717, 1.165) is 22.0 Å². The van der Waals surface area contributed by atoms with Crippen LogP contribution in [0, 0.1) is 5.41 Å². The number of aromatic amines is 1. The Bertz CT molecular complexity index is 1300. The standard InChI is InChI=1S/C27H31N5O5/c1-32-23(16-5-7-17(8-6-16)26(28)29)14-20(37-27(32)36)15-24(33)31-22(3-2-4-25(34)35)18-9-10-21-19(13-18)11-12-30-21/h5-13,20,22-23,30H,2-4,14-15H2,1H3,(H3,28,29)(H,31,33)(H,34,35). The van der Waals surface area contributed by atoms with E-state index in [1.807, 2.05) is 42.6 Å². The number of benzene rings is 2. The van der Waals surface area contributed by atoms with Crippen molar-refractivity contribution in [3.05, 3.63) is 71.4 Å². The number of amides is 2. The number of cyclic esters (lactones) is 1. The average molecular weight is 506 g/mol. The lowest BCUT2D eigenvalue weighted by Crippen LogP contribution is -2.43. The number of aliphatic carboxylic acids is 1. The summed E-state index contributed by atoms with van der Waals surface area (Å²) >= 11 is 0. The van der Waals surface area contributed by atoms with Crippen LogP contribution in [0.1, 0.15) is 60.9 Å². The molecule has 3 atom stereocenters. The predicted octanol–water partition coefficient (Wildman–Crippen LogP) is 3.84. The van der Waals surface area contributed by atoms with Gasteiger partial charge in [0.25, 0.3) is 0 Å². The van der Waals surface area contributed by atoms with Gasteiger partial charge in [0.1, 0.15) is 11.9 Å². The highest BCUT2D eigenvalue weighted by Gasteiger charge is 2.35. The molecule has 194 valence electrons. The summed E-state index contributed by atoms with van der Waals surface area (Å²) in [4.78, 5) is 41.3. The number of hydrogen-bond acceptors (Lipinski definition) is 5. The minimum Gasteiger partial charge on any atom is -0.481 e. The topological polar surface area (TPSA) is 162 Å².